The molecule has 1 N–H and O–H groups in total. The number of rotatable bonds is 5. The van der Waals surface area contributed by atoms with Crippen LogP contribution in [0.15, 0.2) is 48.8 Å². The molecule has 1 aromatic heterocycles. The van der Waals surface area contributed by atoms with E-state index in [1.807, 2.05) is 35.1 Å². The van der Waals surface area contributed by atoms with Gasteiger partial charge in [-0.15, -0.1) is 0 Å². The Hall–Kier alpha value is -2.10. The Balaban J connectivity index is 1.63. The van der Waals surface area contributed by atoms with Crippen molar-refractivity contribution in [3.63, 3.8) is 0 Å². The molecule has 1 saturated carbocycles. The lowest BCUT2D eigenvalue weighted by atomic mass is 9.64. The van der Waals surface area contributed by atoms with Gasteiger partial charge in [-0.3, -0.25) is 9.48 Å². The third kappa shape index (κ3) is 2.33. The Morgan fingerprint density at radius 3 is 2.65 bits per heavy atom. The van der Waals surface area contributed by atoms with Crippen LogP contribution in [0.2, 0.25) is 0 Å². The van der Waals surface area contributed by atoms with Crippen molar-refractivity contribution in [2.75, 3.05) is 6.54 Å². The number of amides is 1. The van der Waals surface area contributed by atoms with Gasteiger partial charge in [0.25, 0.3) is 0 Å². The fourth-order valence-electron chi connectivity index (χ4n) is 2.82. The summed E-state index contributed by atoms with van der Waals surface area (Å²) >= 11 is 0. The highest BCUT2D eigenvalue weighted by molar-refractivity contribution is 5.89. The highest BCUT2D eigenvalue weighted by Gasteiger charge is 2.45. The van der Waals surface area contributed by atoms with Crippen LogP contribution < -0.4 is 5.32 Å². The lowest BCUT2D eigenvalue weighted by Crippen LogP contribution is -2.49. The predicted molar refractivity (Wildman–Crippen MR) is 77.2 cm³/mol. The molecule has 1 aromatic carbocycles. The topological polar surface area (TPSA) is 46.9 Å². The first-order valence-corrected chi connectivity index (χ1v) is 7.12. The van der Waals surface area contributed by atoms with Gasteiger partial charge in [0.1, 0.15) is 0 Å². The van der Waals surface area contributed by atoms with Crippen molar-refractivity contribution in [1.82, 2.24) is 15.1 Å². The minimum atomic E-state index is -0.300. The minimum absolute atomic E-state index is 0.155. The van der Waals surface area contributed by atoms with E-state index >= 15 is 0 Å². The number of carbonyl (C=O) groups is 1. The fourth-order valence-corrected chi connectivity index (χ4v) is 2.82. The van der Waals surface area contributed by atoms with Crippen LogP contribution in [-0.4, -0.2) is 22.2 Å². The molecule has 3 rings (SSSR count). The summed E-state index contributed by atoms with van der Waals surface area (Å²) < 4.78 is 1.83. The smallest absolute Gasteiger partial charge is 0.230 e. The molecular weight excluding hydrogens is 250 g/mol. The molecule has 1 amide bonds. The first kappa shape index (κ1) is 12.9. The van der Waals surface area contributed by atoms with E-state index in [9.17, 15) is 4.79 Å². The molecule has 4 nitrogen and oxygen atoms in total. The summed E-state index contributed by atoms with van der Waals surface area (Å²) in [5, 5.41) is 7.20. The molecule has 104 valence electrons. The number of hydrogen-bond acceptors (Lipinski definition) is 2. The first-order valence-electron chi connectivity index (χ1n) is 7.12. The van der Waals surface area contributed by atoms with Crippen LogP contribution in [0.25, 0.3) is 0 Å². The summed E-state index contributed by atoms with van der Waals surface area (Å²) in [6.45, 7) is 1.33. The number of carbonyl (C=O) groups excluding carboxylic acids is 1. The zero-order chi connectivity index (χ0) is 13.8. The van der Waals surface area contributed by atoms with Gasteiger partial charge in [-0.05, 0) is 24.5 Å². The summed E-state index contributed by atoms with van der Waals surface area (Å²) in [6, 6.07) is 12.0. The molecule has 20 heavy (non-hydrogen) atoms. The van der Waals surface area contributed by atoms with E-state index in [0.717, 1.165) is 24.8 Å². The normalized spacial score (nSPS) is 16.4. The van der Waals surface area contributed by atoms with E-state index in [1.54, 1.807) is 6.20 Å². The van der Waals surface area contributed by atoms with Gasteiger partial charge in [0, 0.05) is 18.9 Å². The summed E-state index contributed by atoms with van der Waals surface area (Å²) in [4.78, 5) is 12.5. The maximum atomic E-state index is 12.5. The monoisotopic (exact) mass is 269 g/mol. The first-order chi connectivity index (χ1) is 9.81. The van der Waals surface area contributed by atoms with E-state index in [1.165, 1.54) is 0 Å². The van der Waals surface area contributed by atoms with Crippen molar-refractivity contribution < 1.29 is 4.79 Å². The van der Waals surface area contributed by atoms with Gasteiger partial charge >= 0.3 is 0 Å². The Labute approximate surface area is 118 Å². The second kappa shape index (κ2) is 5.49. The SMILES string of the molecule is O=C(NCCn1cccn1)C1(c2ccccc2)CCC1. The Morgan fingerprint density at radius 1 is 1.25 bits per heavy atom. The van der Waals surface area contributed by atoms with Crippen molar-refractivity contribution in [3.05, 3.63) is 54.4 Å². The molecule has 0 atom stereocenters. The molecule has 1 fully saturated rings. The van der Waals surface area contributed by atoms with E-state index in [-0.39, 0.29) is 11.3 Å². The molecule has 0 spiro atoms. The van der Waals surface area contributed by atoms with Gasteiger partial charge in [-0.25, -0.2) is 0 Å². The van der Waals surface area contributed by atoms with Crippen molar-refractivity contribution in [1.29, 1.82) is 0 Å². The summed E-state index contributed by atoms with van der Waals surface area (Å²) in [5.74, 6) is 0.155. The highest BCUT2D eigenvalue weighted by Crippen LogP contribution is 2.43. The molecule has 1 aliphatic carbocycles. The predicted octanol–water partition coefficient (Wildman–Crippen LogP) is 2.12. The van der Waals surface area contributed by atoms with Crippen molar-refractivity contribution >= 4 is 5.91 Å². The van der Waals surface area contributed by atoms with Crippen LogP contribution in [0.5, 0.6) is 0 Å². The van der Waals surface area contributed by atoms with E-state index < -0.39 is 0 Å². The summed E-state index contributed by atoms with van der Waals surface area (Å²) in [6.07, 6.45) is 6.68. The molecule has 1 heterocycles. The third-order valence-corrected chi connectivity index (χ3v) is 4.15. The van der Waals surface area contributed by atoms with Gasteiger partial charge in [0.15, 0.2) is 0 Å². The van der Waals surface area contributed by atoms with E-state index in [2.05, 4.69) is 22.5 Å². The quantitative estimate of drug-likeness (QED) is 0.903. The van der Waals surface area contributed by atoms with Gasteiger partial charge in [0.05, 0.1) is 12.0 Å². The molecule has 0 radical (unpaired) electrons. The number of nitrogens with zero attached hydrogens (tertiary/aromatic N) is 2. The molecule has 0 aliphatic heterocycles. The largest absolute Gasteiger partial charge is 0.353 e. The van der Waals surface area contributed by atoms with Crippen LogP contribution in [0.1, 0.15) is 24.8 Å². The summed E-state index contributed by atoms with van der Waals surface area (Å²) in [7, 11) is 0. The second-order valence-electron chi connectivity index (χ2n) is 5.33. The van der Waals surface area contributed by atoms with Crippen molar-refractivity contribution in [3.8, 4) is 0 Å². The average Bonchev–Trinajstić information content (AvgIpc) is 2.92. The van der Waals surface area contributed by atoms with Crippen LogP contribution in [0.3, 0.4) is 0 Å². The van der Waals surface area contributed by atoms with Crippen molar-refractivity contribution in [2.45, 2.75) is 31.2 Å². The van der Waals surface area contributed by atoms with Crippen LogP contribution in [0, 0.1) is 0 Å². The highest BCUT2D eigenvalue weighted by atomic mass is 16.2. The van der Waals surface area contributed by atoms with E-state index in [4.69, 9.17) is 0 Å². The lowest BCUT2D eigenvalue weighted by molar-refractivity contribution is -0.129. The number of nitrogens with one attached hydrogen (secondary N) is 1. The molecule has 0 saturated heterocycles. The van der Waals surface area contributed by atoms with Crippen molar-refractivity contribution in [2.24, 2.45) is 0 Å². The van der Waals surface area contributed by atoms with Gasteiger partial charge < -0.3 is 5.32 Å². The van der Waals surface area contributed by atoms with E-state index in [0.29, 0.717) is 13.1 Å². The number of benzene rings is 1. The number of aromatic nitrogens is 2. The second-order valence-corrected chi connectivity index (χ2v) is 5.33. The Morgan fingerprint density at radius 2 is 2.05 bits per heavy atom. The zero-order valence-electron chi connectivity index (χ0n) is 11.5. The lowest BCUT2D eigenvalue weighted by Gasteiger charge is -2.40. The van der Waals surface area contributed by atoms with Gasteiger partial charge in [-0.2, -0.15) is 5.10 Å². The molecule has 4 heteroatoms. The van der Waals surface area contributed by atoms with Crippen LogP contribution >= 0.6 is 0 Å². The van der Waals surface area contributed by atoms with Gasteiger partial charge in [0.2, 0.25) is 5.91 Å². The Bertz CT molecular complexity index is 559. The zero-order valence-corrected chi connectivity index (χ0v) is 11.5. The maximum Gasteiger partial charge on any atom is 0.230 e. The maximum absolute atomic E-state index is 12.5. The standard InChI is InChI=1S/C16H19N3O/c20-15(17-11-13-19-12-5-10-18-19)16(8-4-9-16)14-6-2-1-3-7-14/h1-3,5-7,10,12H,4,8-9,11,13H2,(H,17,20). The fraction of sp³-hybridized carbons (Fsp3) is 0.375. The number of hydrogen-bond donors (Lipinski definition) is 1. The minimum Gasteiger partial charge on any atom is -0.353 e. The molecule has 1 aliphatic rings. The van der Waals surface area contributed by atoms with Crippen LogP contribution in [-0.2, 0) is 16.8 Å². The average molecular weight is 269 g/mol. The molecular formula is C16H19N3O. The molecule has 0 bridgehead atoms. The van der Waals surface area contributed by atoms with Crippen LogP contribution in [0.4, 0.5) is 0 Å². The molecule has 2 aromatic rings. The Kier molecular flexibility index (Phi) is 3.54. The summed E-state index contributed by atoms with van der Waals surface area (Å²) in [5.41, 5.74) is 0.841. The van der Waals surface area contributed by atoms with Gasteiger partial charge in [-0.1, -0.05) is 36.8 Å². The molecule has 0 unspecified atom stereocenters. The third-order valence-electron chi connectivity index (χ3n) is 4.15.